The Labute approximate surface area is 203 Å². The van der Waals surface area contributed by atoms with Crippen molar-refractivity contribution in [3.63, 3.8) is 0 Å². The van der Waals surface area contributed by atoms with E-state index in [1.165, 1.54) is 6.20 Å². The number of carbonyl (C=O) groups is 1. The largest absolute Gasteiger partial charge is 0.379 e. The second kappa shape index (κ2) is 9.95. The van der Waals surface area contributed by atoms with Gasteiger partial charge in [-0.2, -0.15) is 5.10 Å². The number of morpholine rings is 1. The van der Waals surface area contributed by atoms with Crippen molar-refractivity contribution in [2.45, 2.75) is 22.9 Å². The number of carbonyl (C=O) groups excluding carboxylic acids is 1. The molecule has 180 valence electrons. The average molecular weight is 492 g/mol. The first kappa shape index (κ1) is 23.2. The van der Waals surface area contributed by atoms with Gasteiger partial charge in [0.2, 0.25) is 9.84 Å². The highest BCUT2D eigenvalue weighted by atomic mass is 32.2. The van der Waals surface area contributed by atoms with Crippen LogP contribution in [-0.4, -0.2) is 60.7 Å². The summed E-state index contributed by atoms with van der Waals surface area (Å²) in [6.45, 7) is 3.68. The fraction of sp³-hybridized carbons (Fsp3) is 0.240. The summed E-state index contributed by atoms with van der Waals surface area (Å²) in [5.41, 5.74) is 2.60. The zero-order valence-electron chi connectivity index (χ0n) is 19.0. The van der Waals surface area contributed by atoms with Crippen molar-refractivity contribution in [1.82, 2.24) is 25.4 Å². The highest BCUT2D eigenvalue weighted by Crippen LogP contribution is 2.26. The predicted molar refractivity (Wildman–Crippen MR) is 129 cm³/mol. The molecule has 5 rings (SSSR count). The van der Waals surface area contributed by atoms with E-state index in [4.69, 9.17) is 4.74 Å². The van der Waals surface area contributed by atoms with E-state index in [-0.39, 0.29) is 17.3 Å². The number of nitrogens with zero attached hydrogens (tertiary/aromatic N) is 3. The Morgan fingerprint density at radius 2 is 1.83 bits per heavy atom. The van der Waals surface area contributed by atoms with Gasteiger partial charge < -0.3 is 10.1 Å². The highest BCUT2D eigenvalue weighted by Gasteiger charge is 2.22. The predicted octanol–water partition coefficient (Wildman–Crippen LogP) is 2.55. The molecule has 1 amide bonds. The lowest BCUT2D eigenvalue weighted by Gasteiger charge is -2.27. The normalized spacial score (nSPS) is 14.7. The molecule has 0 saturated carbocycles. The van der Waals surface area contributed by atoms with Crippen LogP contribution in [0, 0.1) is 0 Å². The lowest BCUT2D eigenvalue weighted by molar-refractivity contribution is 0.0338. The Hall–Kier alpha value is -3.60. The summed E-state index contributed by atoms with van der Waals surface area (Å²) in [4.78, 5) is 19.4. The molecule has 0 aliphatic carbocycles. The molecule has 0 atom stereocenters. The summed E-state index contributed by atoms with van der Waals surface area (Å²) in [6, 6.07) is 15.4. The lowest BCUT2D eigenvalue weighted by Crippen LogP contribution is -2.36. The Morgan fingerprint density at radius 3 is 2.63 bits per heavy atom. The van der Waals surface area contributed by atoms with Gasteiger partial charge in [0.05, 0.1) is 34.8 Å². The summed E-state index contributed by atoms with van der Waals surface area (Å²) < 4.78 is 32.2. The zero-order chi connectivity index (χ0) is 24.3. The van der Waals surface area contributed by atoms with Crippen molar-refractivity contribution in [2.24, 2.45) is 0 Å². The van der Waals surface area contributed by atoms with E-state index >= 15 is 0 Å². The topological polar surface area (TPSA) is 117 Å². The van der Waals surface area contributed by atoms with E-state index in [9.17, 15) is 13.2 Å². The van der Waals surface area contributed by atoms with Crippen LogP contribution in [0.5, 0.6) is 0 Å². The summed E-state index contributed by atoms with van der Waals surface area (Å²) in [5.74, 6) is -0.269. The fourth-order valence-corrected chi connectivity index (χ4v) is 5.54. The molecule has 0 spiro atoms. The van der Waals surface area contributed by atoms with Crippen molar-refractivity contribution in [3.05, 3.63) is 83.7 Å². The number of ether oxygens (including phenoxy) is 1. The van der Waals surface area contributed by atoms with Crippen molar-refractivity contribution < 1.29 is 17.9 Å². The number of fused-ring (bicyclic) bond motifs is 1. The number of sulfone groups is 1. The number of hydrogen-bond acceptors (Lipinski definition) is 7. The van der Waals surface area contributed by atoms with Gasteiger partial charge in [-0.25, -0.2) is 13.4 Å². The van der Waals surface area contributed by atoms with Gasteiger partial charge in [0.1, 0.15) is 0 Å². The quantitative estimate of drug-likeness (QED) is 0.408. The van der Waals surface area contributed by atoms with E-state index in [1.54, 1.807) is 48.7 Å². The van der Waals surface area contributed by atoms with Gasteiger partial charge in [-0.05, 0) is 35.4 Å². The van der Waals surface area contributed by atoms with Crippen LogP contribution < -0.4 is 5.32 Å². The van der Waals surface area contributed by atoms with E-state index < -0.39 is 9.84 Å². The Bertz CT molecular complexity index is 1440. The lowest BCUT2D eigenvalue weighted by atomic mass is 10.2. The monoisotopic (exact) mass is 491 g/mol. The standard InChI is InChI=1S/C25H25N5O4S/c31-25(21-13-20-16-28-29-24(20)26-15-21)27-14-18-5-7-22(8-6-18)35(32,33)23-4-2-1-3-19(23)17-30-9-11-34-12-10-30/h1-8,13,15-16H,9-12,14,17H2,(H,27,31)(H,26,28,29). The van der Waals surface area contributed by atoms with Gasteiger partial charge in [-0.3, -0.25) is 14.8 Å². The van der Waals surface area contributed by atoms with Crippen LogP contribution in [0.3, 0.4) is 0 Å². The summed E-state index contributed by atoms with van der Waals surface area (Å²) in [6.07, 6.45) is 3.09. The van der Waals surface area contributed by atoms with Gasteiger partial charge in [0, 0.05) is 37.8 Å². The van der Waals surface area contributed by atoms with Crippen LogP contribution in [0.25, 0.3) is 11.0 Å². The maximum Gasteiger partial charge on any atom is 0.253 e. The smallest absolute Gasteiger partial charge is 0.253 e. The Kier molecular flexibility index (Phi) is 6.58. The average Bonchev–Trinajstić information content (AvgIpc) is 3.36. The van der Waals surface area contributed by atoms with Crippen LogP contribution >= 0.6 is 0 Å². The molecule has 10 heteroatoms. The molecule has 3 heterocycles. The Morgan fingerprint density at radius 1 is 1.06 bits per heavy atom. The van der Waals surface area contributed by atoms with Crippen LogP contribution in [0.2, 0.25) is 0 Å². The summed E-state index contributed by atoms with van der Waals surface area (Å²) in [5, 5.41) is 10.2. The number of nitrogens with one attached hydrogen (secondary N) is 2. The first-order chi connectivity index (χ1) is 17.0. The number of amides is 1. The maximum absolute atomic E-state index is 13.4. The van der Waals surface area contributed by atoms with Crippen LogP contribution in [0.1, 0.15) is 21.5 Å². The van der Waals surface area contributed by atoms with Gasteiger partial charge in [-0.1, -0.05) is 30.3 Å². The molecule has 4 aromatic rings. The van der Waals surface area contributed by atoms with Crippen molar-refractivity contribution >= 4 is 26.8 Å². The van der Waals surface area contributed by atoms with E-state index in [0.29, 0.717) is 35.9 Å². The highest BCUT2D eigenvalue weighted by molar-refractivity contribution is 7.91. The number of aromatic nitrogens is 3. The third-order valence-electron chi connectivity index (χ3n) is 6.00. The van der Waals surface area contributed by atoms with E-state index in [1.807, 2.05) is 12.1 Å². The van der Waals surface area contributed by atoms with Crippen LogP contribution in [-0.2, 0) is 27.7 Å². The molecule has 2 N–H and O–H groups in total. The third-order valence-corrected chi connectivity index (χ3v) is 7.87. The van der Waals surface area contributed by atoms with Crippen molar-refractivity contribution in [2.75, 3.05) is 26.3 Å². The molecule has 0 unspecified atom stereocenters. The molecule has 2 aromatic carbocycles. The van der Waals surface area contributed by atoms with Crippen LogP contribution in [0.4, 0.5) is 0 Å². The molecule has 35 heavy (non-hydrogen) atoms. The SMILES string of the molecule is O=C(NCc1ccc(S(=O)(=O)c2ccccc2CN2CCOCC2)cc1)c1cnc2[nH]ncc2c1. The molecule has 0 radical (unpaired) electrons. The second-order valence-electron chi connectivity index (χ2n) is 8.36. The minimum absolute atomic E-state index is 0.219. The van der Waals surface area contributed by atoms with E-state index in [0.717, 1.165) is 29.6 Å². The number of aromatic amines is 1. The van der Waals surface area contributed by atoms with Gasteiger partial charge in [-0.15, -0.1) is 0 Å². The van der Waals surface area contributed by atoms with Gasteiger partial charge in [0.15, 0.2) is 5.65 Å². The zero-order valence-corrected chi connectivity index (χ0v) is 19.8. The van der Waals surface area contributed by atoms with Gasteiger partial charge >= 0.3 is 0 Å². The number of pyridine rings is 1. The number of hydrogen-bond donors (Lipinski definition) is 2. The first-order valence-corrected chi connectivity index (χ1v) is 12.8. The molecular formula is C25H25N5O4S. The Balaban J connectivity index is 1.28. The summed E-state index contributed by atoms with van der Waals surface area (Å²) >= 11 is 0. The number of H-pyrrole nitrogens is 1. The van der Waals surface area contributed by atoms with Crippen molar-refractivity contribution in [3.8, 4) is 0 Å². The molecule has 9 nitrogen and oxygen atoms in total. The summed E-state index contributed by atoms with van der Waals surface area (Å²) in [7, 11) is -3.69. The molecule has 1 aliphatic heterocycles. The second-order valence-corrected chi connectivity index (χ2v) is 10.3. The van der Waals surface area contributed by atoms with Crippen molar-refractivity contribution in [1.29, 1.82) is 0 Å². The first-order valence-electron chi connectivity index (χ1n) is 11.3. The fourth-order valence-electron chi connectivity index (χ4n) is 4.06. The molecule has 2 aromatic heterocycles. The molecule has 1 aliphatic rings. The van der Waals surface area contributed by atoms with Gasteiger partial charge in [0.25, 0.3) is 5.91 Å². The minimum atomic E-state index is -3.69. The number of benzene rings is 2. The number of rotatable bonds is 7. The van der Waals surface area contributed by atoms with E-state index in [2.05, 4.69) is 25.4 Å². The molecule has 1 fully saturated rings. The third kappa shape index (κ3) is 5.09. The minimum Gasteiger partial charge on any atom is -0.379 e. The maximum atomic E-state index is 13.4. The molecular weight excluding hydrogens is 466 g/mol. The van der Waals surface area contributed by atoms with Crippen LogP contribution in [0.15, 0.2) is 76.8 Å². The molecule has 0 bridgehead atoms. The molecule has 1 saturated heterocycles.